The summed E-state index contributed by atoms with van der Waals surface area (Å²) in [5.41, 5.74) is -1.21. The molecule has 18 heavy (non-hydrogen) atoms. The predicted octanol–water partition coefficient (Wildman–Crippen LogP) is 0.696. The molecule has 0 aromatic carbocycles. The Hall–Kier alpha value is -1.65. The van der Waals surface area contributed by atoms with Gasteiger partial charge in [-0.15, -0.1) is 0 Å². The van der Waals surface area contributed by atoms with Crippen LogP contribution in [0.5, 0.6) is 0 Å². The molecule has 5 heteroatoms. The number of ketones is 1. The lowest BCUT2D eigenvalue weighted by molar-refractivity contribution is -0.124. The van der Waals surface area contributed by atoms with E-state index in [0.717, 1.165) is 25.7 Å². The van der Waals surface area contributed by atoms with Crippen molar-refractivity contribution in [1.29, 1.82) is 0 Å². The van der Waals surface area contributed by atoms with E-state index in [1.807, 2.05) is 0 Å². The highest BCUT2D eigenvalue weighted by atomic mass is 16.2. The van der Waals surface area contributed by atoms with Gasteiger partial charge >= 0.3 is 11.1 Å². The van der Waals surface area contributed by atoms with E-state index < -0.39 is 11.1 Å². The molecule has 1 saturated carbocycles. The third-order valence-corrected chi connectivity index (χ3v) is 3.62. The van der Waals surface area contributed by atoms with Crippen molar-refractivity contribution < 1.29 is 4.79 Å². The fourth-order valence-electron chi connectivity index (χ4n) is 2.44. The SMILES string of the molecule is Cn1ccn(CC(=O)C2CCCCC2)c(=O)c1=O. The van der Waals surface area contributed by atoms with Crippen molar-refractivity contribution in [2.45, 2.75) is 38.6 Å². The van der Waals surface area contributed by atoms with Crippen LogP contribution in [0, 0.1) is 5.92 Å². The maximum atomic E-state index is 12.0. The van der Waals surface area contributed by atoms with Crippen LogP contribution in [0.15, 0.2) is 22.0 Å². The summed E-state index contributed by atoms with van der Waals surface area (Å²) in [6.45, 7) is 0.0274. The van der Waals surface area contributed by atoms with Gasteiger partial charge in [0.25, 0.3) is 0 Å². The molecule has 0 spiro atoms. The number of aryl methyl sites for hydroxylation is 1. The molecule has 0 N–H and O–H groups in total. The Balaban J connectivity index is 2.14. The zero-order valence-electron chi connectivity index (χ0n) is 10.6. The molecule has 98 valence electrons. The maximum absolute atomic E-state index is 12.0. The van der Waals surface area contributed by atoms with E-state index in [1.165, 1.54) is 35.0 Å². The van der Waals surface area contributed by atoms with Crippen LogP contribution >= 0.6 is 0 Å². The highest BCUT2D eigenvalue weighted by molar-refractivity contribution is 5.80. The summed E-state index contributed by atoms with van der Waals surface area (Å²) in [6, 6.07) is 0. The smallest absolute Gasteiger partial charge is 0.312 e. The van der Waals surface area contributed by atoms with Crippen LogP contribution in [0.25, 0.3) is 0 Å². The highest BCUT2D eigenvalue weighted by Gasteiger charge is 2.21. The van der Waals surface area contributed by atoms with Crippen LogP contribution in [0.1, 0.15) is 32.1 Å². The Bertz CT molecular complexity index is 550. The molecule has 1 aliphatic rings. The summed E-state index contributed by atoms with van der Waals surface area (Å²) in [6.07, 6.45) is 8.21. The molecular weight excluding hydrogens is 232 g/mol. The number of Topliss-reactive ketones (excluding diaryl/α,β-unsaturated/α-hetero) is 1. The first-order valence-electron chi connectivity index (χ1n) is 6.38. The summed E-state index contributed by atoms with van der Waals surface area (Å²) in [5, 5.41) is 0. The van der Waals surface area contributed by atoms with Crippen LogP contribution in [0.2, 0.25) is 0 Å². The van der Waals surface area contributed by atoms with Gasteiger partial charge in [0.15, 0.2) is 5.78 Å². The third-order valence-electron chi connectivity index (χ3n) is 3.62. The van der Waals surface area contributed by atoms with Crippen LogP contribution < -0.4 is 11.1 Å². The van der Waals surface area contributed by atoms with Gasteiger partial charge in [0, 0.05) is 25.4 Å². The standard InChI is InChI=1S/C13H18N2O3/c1-14-7-8-15(13(18)12(14)17)9-11(16)10-5-3-2-4-6-10/h7-8,10H,2-6,9H2,1H3. The van der Waals surface area contributed by atoms with Gasteiger partial charge in [-0.3, -0.25) is 14.4 Å². The van der Waals surface area contributed by atoms with Crippen molar-refractivity contribution in [2.24, 2.45) is 13.0 Å². The Morgan fingerprint density at radius 1 is 1.17 bits per heavy atom. The van der Waals surface area contributed by atoms with E-state index in [2.05, 4.69) is 0 Å². The van der Waals surface area contributed by atoms with E-state index in [4.69, 9.17) is 0 Å². The average molecular weight is 250 g/mol. The molecule has 0 unspecified atom stereocenters. The lowest BCUT2D eigenvalue weighted by Crippen LogP contribution is -2.41. The molecule has 0 saturated heterocycles. The number of carbonyl (C=O) groups is 1. The van der Waals surface area contributed by atoms with Gasteiger partial charge in [0.2, 0.25) is 0 Å². The number of aromatic nitrogens is 2. The first-order valence-corrected chi connectivity index (χ1v) is 6.38. The molecule has 1 fully saturated rings. The number of hydrogen-bond acceptors (Lipinski definition) is 3. The normalized spacial score (nSPS) is 16.7. The second kappa shape index (κ2) is 5.33. The number of carbonyl (C=O) groups excluding carboxylic acids is 1. The fraction of sp³-hybridized carbons (Fsp3) is 0.615. The summed E-state index contributed by atoms with van der Waals surface area (Å²) in [7, 11) is 1.52. The quantitative estimate of drug-likeness (QED) is 0.742. The van der Waals surface area contributed by atoms with E-state index in [1.54, 1.807) is 0 Å². The highest BCUT2D eigenvalue weighted by Crippen LogP contribution is 2.24. The summed E-state index contributed by atoms with van der Waals surface area (Å²) in [5.74, 6) is 0.139. The van der Waals surface area contributed by atoms with Crippen molar-refractivity contribution >= 4 is 5.78 Å². The van der Waals surface area contributed by atoms with Gasteiger partial charge in [-0.1, -0.05) is 19.3 Å². The number of rotatable bonds is 3. The third kappa shape index (κ3) is 2.60. The molecule has 5 nitrogen and oxygen atoms in total. The molecular formula is C13H18N2O3. The predicted molar refractivity (Wildman–Crippen MR) is 67.5 cm³/mol. The molecule has 0 radical (unpaired) electrons. The van der Waals surface area contributed by atoms with Crippen LogP contribution in [0.3, 0.4) is 0 Å². The van der Waals surface area contributed by atoms with Gasteiger partial charge < -0.3 is 9.13 Å². The largest absolute Gasteiger partial charge is 0.316 e. The Morgan fingerprint density at radius 3 is 2.50 bits per heavy atom. The van der Waals surface area contributed by atoms with E-state index in [-0.39, 0.29) is 18.2 Å². The Morgan fingerprint density at radius 2 is 1.83 bits per heavy atom. The number of nitrogens with zero attached hydrogens (tertiary/aromatic N) is 2. The summed E-state index contributed by atoms with van der Waals surface area (Å²) >= 11 is 0. The topological polar surface area (TPSA) is 61.1 Å². The van der Waals surface area contributed by atoms with Crippen molar-refractivity contribution in [3.63, 3.8) is 0 Å². The minimum absolute atomic E-state index is 0.0274. The minimum Gasteiger partial charge on any atom is -0.312 e. The first-order chi connectivity index (χ1) is 8.59. The van der Waals surface area contributed by atoms with E-state index in [9.17, 15) is 14.4 Å². The van der Waals surface area contributed by atoms with Gasteiger partial charge in [-0.25, -0.2) is 0 Å². The molecule has 0 atom stereocenters. The molecule has 1 heterocycles. The monoisotopic (exact) mass is 250 g/mol. The fourth-order valence-corrected chi connectivity index (χ4v) is 2.44. The van der Waals surface area contributed by atoms with Gasteiger partial charge in [-0.2, -0.15) is 0 Å². The molecule has 0 bridgehead atoms. The Kier molecular flexibility index (Phi) is 3.79. The van der Waals surface area contributed by atoms with Crippen molar-refractivity contribution in [2.75, 3.05) is 0 Å². The number of hydrogen-bond donors (Lipinski definition) is 0. The average Bonchev–Trinajstić information content (AvgIpc) is 2.40. The van der Waals surface area contributed by atoms with Crippen molar-refractivity contribution in [3.05, 3.63) is 33.1 Å². The zero-order valence-corrected chi connectivity index (χ0v) is 10.6. The van der Waals surface area contributed by atoms with Gasteiger partial charge in [0.05, 0.1) is 6.54 Å². The maximum Gasteiger partial charge on any atom is 0.316 e. The minimum atomic E-state index is -0.621. The lowest BCUT2D eigenvalue weighted by Gasteiger charge is -2.20. The molecule has 1 aromatic rings. The molecule has 1 aromatic heterocycles. The summed E-state index contributed by atoms with van der Waals surface area (Å²) < 4.78 is 2.45. The van der Waals surface area contributed by atoms with Crippen molar-refractivity contribution in [1.82, 2.24) is 9.13 Å². The second-order valence-corrected chi connectivity index (χ2v) is 4.95. The van der Waals surface area contributed by atoms with Crippen LogP contribution in [0.4, 0.5) is 0 Å². The van der Waals surface area contributed by atoms with Gasteiger partial charge in [0.1, 0.15) is 0 Å². The Labute approximate surface area is 105 Å². The van der Waals surface area contributed by atoms with Crippen LogP contribution in [-0.4, -0.2) is 14.9 Å². The lowest BCUT2D eigenvalue weighted by atomic mass is 9.86. The molecule has 0 aliphatic heterocycles. The second-order valence-electron chi connectivity index (χ2n) is 4.95. The molecule has 2 rings (SSSR count). The van der Waals surface area contributed by atoms with Crippen LogP contribution in [-0.2, 0) is 18.4 Å². The summed E-state index contributed by atoms with van der Waals surface area (Å²) in [4.78, 5) is 35.2. The van der Waals surface area contributed by atoms with Crippen molar-refractivity contribution in [3.8, 4) is 0 Å². The van der Waals surface area contributed by atoms with Gasteiger partial charge in [-0.05, 0) is 12.8 Å². The van der Waals surface area contributed by atoms with E-state index >= 15 is 0 Å². The first kappa shape index (κ1) is 12.8. The molecule has 0 amide bonds. The molecule has 1 aliphatic carbocycles. The zero-order chi connectivity index (χ0) is 13.1. The van der Waals surface area contributed by atoms with E-state index in [0.29, 0.717) is 0 Å².